The van der Waals surface area contributed by atoms with Crippen molar-refractivity contribution in [3.63, 3.8) is 0 Å². The van der Waals surface area contributed by atoms with Crippen molar-refractivity contribution in [1.29, 1.82) is 0 Å². The minimum Gasteiger partial charge on any atom is -0.334 e. The zero-order valence-corrected chi connectivity index (χ0v) is 10.4. The molecule has 1 N–H and O–H groups in total. The van der Waals surface area contributed by atoms with Crippen LogP contribution < -0.4 is 5.32 Å². The van der Waals surface area contributed by atoms with E-state index in [9.17, 15) is 0 Å². The summed E-state index contributed by atoms with van der Waals surface area (Å²) in [5.41, 5.74) is 1.40. The number of aromatic nitrogens is 2. The molecule has 3 nitrogen and oxygen atoms in total. The van der Waals surface area contributed by atoms with Crippen LogP contribution in [0, 0.1) is 5.92 Å². The van der Waals surface area contributed by atoms with E-state index < -0.39 is 0 Å². The van der Waals surface area contributed by atoms with Crippen LogP contribution in [-0.4, -0.2) is 22.6 Å². The van der Waals surface area contributed by atoms with Crippen LogP contribution in [0.25, 0.3) is 0 Å². The molecule has 1 saturated heterocycles. The van der Waals surface area contributed by atoms with Crippen molar-refractivity contribution in [3.05, 3.63) is 18.2 Å². The molecule has 1 fully saturated rings. The number of rotatable bonds is 4. The van der Waals surface area contributed by atoms with Crippen LogP contribution in [0.2, 0.25) is 0 Å². The topological polar surface area (TPSA) is 29.9 Å². The minimum atomic E-state index is 0.629. The highest BCUT2D eigenvalue weighted by Gasteiger charge is 2.16. The Labute approximate surface area is 98.3 Å². The first kappa shape index (κ1) is 11.6. The molecular formula is C13H23N3. The molecule has 1 aliphatic rings. The van der Waals surface area contributed by atoms with Gasteiger partial charge in [-0.3, -0.25) is 0 Å². The van der Waals surface area contributed by atoms with Crippen molar-refractivity contribution < 1.29 is 0 Å². The molecule has 0 radical (unpaired) electrons. The summed E-state index contributed by atoms with van der Waals surface area (Å²) in [7, 11) is 0. The first-order valence-corrected chi connectivity index (χ1v) is 6.52. The third-order valence-corrected chi connectivity index (χ3v) is 3.78. The summed E-state index contributed by atoms with van der Waals surface area (Å²) >= 11 is 0. The Hall–Kier alpha value is -0.830. The van der Waals surface area contributed by atoms with Gasteiger partial charge in [0.2, 0.25) is 0 Å². The van der Waals surface area contributed by atoms with E-state index in [2.05, 4.69) is 28.7 Å². The summed E-state index contributed by atoms with van der Waals surface area (Å²) in [6, 6.07) is 0. The molecule has 90 valence electrons. The van der Waals surface area contributed by atoms with Crippen LogP contribution in [0.1, 0.15) is 44.7 Å². The average Bonchev–Trinajstić information content (AvgIpc) is 2.77. The van der Waals surface area contributed by atoms with E-state index in [1.807, 2.05) is 12.5 Å². The number of piperidine rings is 1. The normalized spacial score (nSPS) is 19.9. The van der Waals surface area contributed by atoms with E-state index in [0.29, 0.717) is 5.92 Å². The third-order valence-electron chi connectivity index (χ3n) is 3.78. The molecule has 1 aliphatic heterocycles. The number of nitrogens with one attached hydrogen (secondary N) is 1. The standard InChI is InChI=1S/C13H23N3/c1-3-11(2)13-8-15-10-16(13)9-12-4-6-14-7-5-12/h8,10-12,14H,3-7,9H2,1-2H3. The highest BCUT2D eigenvalue weighted by atomic mass is 15.1. The lowest BCUT2D eigenvalue weighted by Crippen LogP contribution is -2.30. The molecule has 2 heterocycles. The van der Waals surface area contributed by atoms with Crippen LogP contribution in [0.15, 0.2) is 12.5 Å². The number of hydrogen-bond acceptors (Lipinski definition) is 2. The molecule has 0 spiro atoms. The van der Waals surface area contributed by atoms with Crippen molar-refractivity contribution in [2.24, 2.45) is 5.92 Å². The monoisotopic (exact) mass is 221 g/mol. The van der Waals surface area contributed by atoms with Crippen molar-refractivity contribution in [2.45, 2.75) is 45.6 Å². The zero-order chi connectivity index (χ0) is 11.4. The van der Waals surface area contributed by atoms with Crippen molar-refractivity contribution >= 4 is 0 Å². The molecule has 1 atom stereocenters. The first-order valence-electron chi connectivity index (χ1n) is 6.52. The lowest BCUT2D eigenvalue weighted by molar-refractivity contribution is 0.328. The van der Waals surface area contributed by atoms with Gasteiger partial charge in [-0.1, -0.05) is 13.8 Å². The van der Waals surface area contributed by atoms with Crippen LogP contribution in [0.5, 0.6) is 0 Å². The number of hydrogen-bond donors (Lipinski definition) is 1. The Morgan fingerprint density at radius 3 is 2.94 bits per heavy atom. The lowest BCUT2D eigenvalue weighted by atomic mass is 9.97. The second kappa shape index (κ2) is 5.48. The molecular weight excluding hydrogens is 198 g/mol. The molecule has 0 bridgehead atoms. The van der Waals surface area contributed by atoms with Gasteiger partial charge in [0, 0.05) is 18.4 Å². The molecule has 0 aliphatic carbocycles. The van der Waals surface area contributed by atoms with Crippen LogP contribution in [0.3, 0.4) is 0 Å². The maximum Gasteiger partial charge on any atom is 0.0948 e. The minimum absolute atomic E-state index is 0.629. The van der Waals surface area contributed by atoms with Gasteiger partial charge in [0.15, 0.2) is 0 Å². The van der Waals surface area contributed by atoms with Crippen LogP contribution in [0.4, 0.5) is 0 Å². The van der Waals surface area contributed by atoms with E-state index in [0.717, 1.165) is 12.5 Å². The van der Waals surface area contributed by atoms with Gasteiger partial charge in [-0.2, -0.15) is 0 Å². The molecule has 0 aromatic carbocycles. The summed E-state index contributed by atoms with van der Waals surface area (Å²) in [5.74, 6) is 1.46. The van der Waals surface area contributed by atoms with E-state index in [4.69, 9.17) is 0 Å². The van der Waals surface area contributed by atoms with E-state index in [1.165, 1.54) is 38.0 Å². The highest BCUT2D eigenvalue weighted by Crippen LogP contribution is 2.21. The van der Waals surface area contributed by atoms with Gasteiger partial charge in [-0.25, -0.2) is 4.98 Å². The highest BCUT2D eigenvalue weighted by molar-refractivity contribution is 5.04. The SMILES string of the molecule is CCC(C)c1cncn1CC1CCNCC1. The Morgan fingerprint density at radius 1 is 1.50 bits per heavy atom. The van der Waals surface area contributed by atoms with Crippen LogP contribution in [-0.2, 0) is 6.54 Å². The summed E-state index contributed by atoms with van der Waals surface area (Å²) in [4.78, 5) is 4.30. The van der Waals surface area contributed by atoms with Crippen LogP contribution >= 0.6 is 0 Å². The van der Waals surface area contributed by atoms with E-state index in [1.54, 1.807) is 0 Å². The fraction of sp³-hybridized carbons (Fsp3) is 0.769. The fourth-order valence-electron chi connectivity index (χ4n) is 2.45. The molecule has 1 aromatic heterocycles. The molecule has 1 unspecified atom stereocenters. The Kier molecular flexibility index (Phi) is 3.99. The van der Waals surface area contributed by atoms with Gasteiger partial charge in [0.1, 0.15) is 0 Å². The maximum atomic E-state index is 4.30. The summed E-state index contributed by atoms with van der Waals surface area (Å²) in [5, 5.41) is 3.42. The largest absolute Gasteiger partial charge is 0.334 e. The third kappa shape index (κ3) is 2.64. The van der Waals surface area contributed by atoms with E-state index >= 15 is 0 Å². The Morgan fingerprint density at radius 2 is 2.25 bits per heavy atom. The molecule has 0 saturated carbocycles. The van der Waals surface area contributed by atoms with Gasteiger partial charge in [-0.05, 0) is 44.2 Å². The molecule has 0 amide bonds. The summed E-state index contributed by atoms with van der Waals surface area (Å²) < 4.78 is 2.37. The Balaban J connectivity index is 2.00. The molecule has 3 heteroatoms. The maximum absolute atomic E-state index is 4.30. The quantitative estimate of drug-likeness (QED) is 0.846. The van der Waals surface area contributed by atoms with Gasteiger partial charge in [0.25, 0.3) is 0 Å². The molecule has 2 rings (SSSR count). The van der Waals surface area contributed by atoms with Crippen molar-refractivity contribution in [3.8, 4) is 0 Å². The summed E-state index contributed by atoms with van der Waals surface area (Å²) in [6.45, 7) is 8.04. The predicted molar refractivity (Wildman–Crippen MR) is 66.5 cm³/mol. The molecule has 16 heavy (non-hydrogen) atoms. The van der Waals surface area contributed by atoms with Gasteiger partial charge < -0.3 is 9.88 Å². The number of nitrogens with zero attached hydrogens (tertiary/aromatic N) is 2. The van der Waals surface area contributed by atoms with Crippen molar-refractivity contribution in [1.82, 2.24) is 14.9 Å². The fourth-order valence-corrected chi connectivity index (χ4v) is 2.45. The Bertz CT molecular complexity index is 313. The smallest absolute Gasteiger partial charge is 0.0948 e. The van der Waals surface area contributed by atoms with Gasteiger partial charge in [0.05, 0.1) is 6.33 Å². The second-order valence-electron chi connectivity index (χ2n) is 4.97. The number of imidazole rings is 1. The van der Waals surface area contributed by atoms with E-state index in [-0.39, 0.29) is 0 Å². The van der Waals surface area contributed by atoms with Gasteiger partial charge in [-0.15, -0.1) is 0 Å². The first-order chi connectivity index (χ1) is 7.81. The predicted octanol–water partition coefficient (Wildman–Crippen LogP) is 2.40. The average molecular weight is 221 g/mol. The lowest BCUT2D eigenvalue weighted by Gasteiger charge is -2.24. The van der Waals surface area contributed by atoms with Crippen molar-refractivity contribution in [2.75, 3.05) is 13.1 Å². The van der Waals surface area contributed by atoms with Gasteiger partial charge >= 0.3 is 0 Å². The summed E-state index contributed by atoms with van der Waals surface area (Å²) in [6.07, 6.45) is 7.84. The molecule has 1 aromatic rings. The zero-order valence-electron chi connectivity index (χ0n) is 10.4. The second-order valence-corrected chi connectivity index (χ2v) is 4.97.